The van der Waals surface area contributed by atoms with Gasteiger partial charge in [-0.1, -0.05) is 25.6 Å². The van der Waals surface area contributed by atoms with Crippen molar-refractivity contribution in [2.75, 3.05) is 75.6 Å². The maximum absolute atomic E-state index is 15.8. The van der Waals surface area contributed by atoms with Crippen LogP contribution in [0.4, 0.5) is 29.2 Å². The summed E-state index contributed by atoms with van der Waals surface area (Å²) in [6.07, 6.45) is 5.72. The number of ketones is 1. The van der Waals surface area contributed by atoms with Crippen LogP contribution in [0, 0.1) is 28.1 Å². The highest BCUT2D eigenvalue weighted by molar-refractivity contribution is 7.90. The van der Waals surface area contributed by atoms with Gasteiger partial charge in [-0.25, -0.2) is 27.5 Å². The molecule has 17 nitrogen and oxygen atoms in total. The topological polar surface area (TPSA) is 202 Å². The number of likely N-dealkylation sites (tertiary alicyclic amines) is 1. The Morgan fingerprint density at radius 3 is 2.37 bits per heavy atom. The second kappa shape index (κ2) is 18.9. The van der Waals surface area contributed by atoms with Crippen molar-refractivity contribution >= 4 is 57.7 Å². The summed E-state index contributed by atoms with van der Waals surface area (Å²) in [5, 5.41) is 14.6. The number of aliphatic hydroxyl groups excluding tert-OH is 1. The lowest BCUT2D eigenvalue weighted by Crippen LogP contribution is -2.65. The molecular weight excluding hydrogens is 901 g/mol. The molecule has 67 heavy (non-hydrogen) atoms. The summed E-state index contributed by atoms with van der Waals surface area (Å²) < 4.78 is 90.6. The molecule has 2 atom stereocenters. The van der Waals surface area contributed by atoms with Crippen molar-refractivity contribution in [2.45, 2.75) is 57.0 Å². The molecule has 8 rings (SSSR count). The number of rotatable bonds is 12. The minimum absolute atomic E-state index is 0.0364. The highest BCUT2D eigenvalue weighted by atomic mass is 32.2. The number of anilines is 2. The predicted octanol–water partition coefficient (Wildman–Crippen LogP) is 1.72. The van der Waals surface area contributed by atoms with Gasteiger partial charge in [-0.15, -0.1) is 0 Å². The normalized spacial score (nSPS) is 21.7. The number of imide groups is 1. The Kier molecular flexibility index (Phi) is 13.4. The van der Waals surface area contributed by atoms with Crippen LogP contribution in [0.5, 0.6) is 0 Å². The highest BCUT2D eigenvalue weighted by Gasteiger charge is 2.50. The number of piperidine rings is 3. The molecule has 356 valence electrons. The monoisotopic (exact) mass is 950 g/mol. The molecule has 6 aliphatic rings. The third kappa shape index (κ3) is 9.70. The van der Waals surface area contributed by atoms with E-state index in [4.69, 9.17) is 0 Å². The van der Waals surface area contributed by atoms with E-state index in [-0.39, 0.29) is 75.5 Å². The largest absolute Gasteiger partial charge is 0.506 e. The molecule has 22 heteroatoms. The molecule has 4 fully saturated rings. The number of benzene rings is 1. The van der Waals surface area contributed by atoms with Gasteiger partial charge in [0.15, 0.2) is 5.82 Å². The molecule has 3 N–H and O–H groups in total. The average Bonchev–Trinajstić information content (AvgIpc) is 3.64. The lowest BCUT2D eigenvalue weighted by Gasteiger charge is -2.47. The standard InChI is InChI=1S/C45H50F4N10O7S/c1-4-55(3)67(65,66)54-33-8-7-32(46)39(40(33)47)42(63)31-22-50-41-26(2)5-6-28(19-30(31)41)29-20-51-44(52-21-29)57-15-11-27(12-16-57)35(60)23-56-14-13-36(45(48,49)25-56)58-17-18-59(38(62)24-58)34-9-10-37(61)53-43(34)64/h5-8,19-22,27,34,36,54,63H,2,4,9-18,23-25H2,1,3H3,(H,53,61,64). The molecule has 6 heterocycles. The summed E-state index contributed by atoms with van der Waals surface area (Å²) in [4.78, 5) is 70.1. The molecule has 0 bridgehead atoms. The van der Waals surface area contributed by atoms with E-state index in [1.54, 1.807) is 37.5 Å². The zero-order valence-corrected chi connectivity index (χ0v) is 37.7. The summed E-state index contributed by atoms with van der Waals surface area (Å²) in [6, 6.07) is 4.83. The molecule has 5 aliphatic heterocycles. The Labute approximate surface area is 383 Å². The minimum atomic E-state index is -4.18. The Morgan fingerprint density at radius 1 is 0.970 bits per heavy atom. The number of halogens is 4. The quantitative estimate of drug-likeness (QED) is 0.137. The second-order valence-electron chi connectivity index (χ2n) is 17.3. The number of hydrogen-bond acceptors (Lipinski definition) is 13. The molecule has 0 radical (unpaired) electrons. The Hall–Kier alpha value is -6.10. The van der Waals surface area contributed by atoms with Crippen LogP contribution in [-0.4, -0.2) is 155 Å². The van der Waals surface area contributed by atoms with Gasteiger partial charge in [-0.3, -0.25) is 44.0 Å². The van der Waals surface area contributed by atoms with E-state index in [2.05, 4.69) is 31.6 Å². The van der Waals surface area contributed by atoms with E-state index in [0.717, 1.165) is 16.4 Å². The van der Waals surface area contributed by atoms with Crippen LogP contribution < -0.4 is 25.4 Å². The summed E-state index contributed by atoms with van der Waals surface area (Å²) in [7, 11) is -2.89. The van der Waals surface area contributed by atoms with Gasteiger partial charge in [-0.2, -0.15) is 12.7 Å². The number of hydrogen-bond donors (Lipinski definition) is 3. The molecule has 4 saturated heterocycles. The first kappa shape index (κ1) is 47.4. The molecule has 1 aromatic heterocycles. The van der Waals surface area contributed by atoms with Crippen LogP contribution >= 0.6 is 0 Å². The van der Waals surface area contributed by atoms with Gasteiger partial charge in [0.2, 0.25) is 23.7 Å². The van der Waals surface area contributed by atoms with Crippen molar-refractivity contribution in [3.05, 3.63) is 87.1 Å². The van der Waals surface area contributed by atoms with Crippen molar-refractivity contribution in [1.82, 2.24) is 39.3 Å². The van der Waals surface area contributed by atoms with Gasteiger partial charge in [0, 0.05) is 93.2 Å². The van der Waals surface area contributed by atoms with Gasteiger partial charge >= 0.3 is 10.2 Å². The number of nitrogens with one attached hydrogen (secondary N) is 2. The van der Waals surface area contributed by atoms with Gasteiger partial charge < -0.3 is 14.9 Å². The molecule has 2 aromatic rings. The third-order valence-corrected chi connectivity index (χ3v) is 14.7. The van der Waals surface area contributed by atoms with Crippen LogP contribution in [0.3, 0.4) is 0 Å². The van der Waals surface area contributed by atoms with Crippen LogP contribution in [0.15, 0.2) is 48.9 Å². The zero-order valence-electron chi connectivity index (χ0n) is 36.9. The molecule has 0 spiro atoms. The SMILES string of the molecule is C=c1ccc(-c2cnc(N3CCC(C(=O)CN4CCC(N5CCN(C6CCC(=O)NC6=O)C(=O)C5)C(F)(F)C4)CC3)nc2)cc2c(=C(O)c3c(F)ccc(NS(=O)(=O)N(C)CC)c3F)cnc1=2. The van der Waals surface area contributed by atoms with Crippen LogP contribution in [-0.2, 0) is 29.4 Å². The van der Waals surface area contributed by atoms with E-state index in [1.807, 2.05) is 4.90 Å². The van der Waals surface area contributed by atoms with Crippen LogP contribution in [0.25, 0.3) is 23.5 Å². The van der Waals surface area contributed by atoms with Gasteiger partial charge in [0.1, 0.15) is 23.4 Å². The molecule has 1 aromatic carbocycles. The molecular formula is C45H50F4N10O7S. The van der Waals surface area contributed by atoms with Gasteiger partial charge in [-0.05, 0) is 54.7 Å². The zero-order chi connectivity index (χ0) is 47.9. The lowest BCUT2D eigenvalue weighted by molar-refractivity contribution is -0.160. The summed E-state index contributed by atoms with van der Waals surface area (Å²) in [5.41, 5.74) is -0.322. The van der Waals surface area contributed by atoms with E-state index in [1.165, 1.54) is 27.9 Å². The molecule has 2 unspecified atom stereocenters. The lowest BCUT2D eigenvalue weighted by atomic mass is 9.91. The van der Waals surface area contributed by atoms with E-state index in [0.29, 0.717) is 58.8 Å². The maximum Gasteiger partial charge on any atom is 0.301 e. The van der Waals surface area contributed by atoms with Gasteiger partial charge in [0.05, 0.1) is 42.3 Å². The van der Waals surface area contributed by atoms with Crippen molar-refractivity contribution in [3.63, 3.8) is 0 Å². The molecule has 1 aliphatic carbocycles. The fourth-order valence-electron chi connectivity index (χ4n) is 9.26. The number of amides is 3. The van der Waals surface area contributed by atoms with Crippen molar-refractivity contribution in [3.8, 4) is 11.1 Å². The summed E-state index contributed by atoms with van der Waals surface area (Å²) >= 11 is 0. The fourth-order valence-corrected chi connectivity index (χ4v) is 10.2. The van der Waals surface area contributed by atoms with E-state index >= 15 is 17.6 Å². The van der Waals surface area contributed by atoms with Crippen molar-refractivity contribution in [2.24, 2.45) is 5.92 Å². The number of carbonyl (C=O) groups excluding carboxylic acids is 4. The van der Waals surface area contributed by atoms with Crippen LogP contribution in [0.2, 0.25) is 0 Å². The minimum Gasteiger partial charge on any atom is -0.506 e. The van der Waals surface area contributed by atoms with E-state index in [9.17, 15) is 32.7 Å². The number of Topliss-reactive ketones (excluding diaryl/α,β-unsaturated/α-hetero) is 1. The Balaban J connectivity index is 0.892. The summed E-state index contributed by atoms with van der Waals surface area (Å²) in [6.45, 7) is 6.11. The number of piperazine rings is 1. The Morgan fingerprint density at radius 2 is 1.70 bits per heavy atom. The molecule has 0 saturated carbocycles. The smallest absolute Gasteiger partial charge is 0.301 e. The van der Waals surface area contributed by atoms with Crippen molar-refractivity contribution < 1.29 is 50.3 Å². The van der Waals surface area contributed by atoms with Crippen molar-refractivity contribution in [1.29, 1.82) is 0 Å². The predicted molar refractivity (Wildman–Crippen MR) is 237 cm³/mol. The fraction of sp³-hybridized carbons (Fsp3) is 0.444. The number of nitrogens with zero attached hydrogens (tertiary/aromatic N) is 8. The first-order valence-corrected chi connectivity index (χ1v) is 23.4. The third-order valence-electron chi connectivity index (χ3n) is 13.2. The number of aromatic nitrogens is 3. The van der Waals surface area contributed by atoms with Gasteiger partial charge in [0.25, 0.3) is 5.92 Å². The van der Waals surface area contributed by atoms with E-state index < -0.39 is 81.1 Å². The first-order chi connectivity index (χ1) is 31.8. The first-order valence-electron chi connectivity index (χ1n) is 22.0. The van der Waals surface area contributed by atoms with Crippen LogP contribution in [0.1, 0.15) is 44.6 Å². The average molecular weight is 951 g/mol. The number of carbonyl (C=O) groups is 4. The maximum atomic E-state index is 15.8. The second-order valence-corrected chi connectivity index (χ2v) is 19.1. The Bertz CT molecular complexity index is 2910. The highest BCUT2D eigenvalue weighted by Crippen LogP contribution is 2.34. The summed E-state index contributed by atoms with van der Waals surface area (Å²) in [5.74, 6) is -7.92. The molecule has 3 amide bonds. The number of alkyl halides is 2. The number of aliphatic hydroxyl groups is 1.